The van der Waals surface area contributed by atoms with E-state index in [9.17, 15) is 9.59 Å². The van der Waals surface area contributed by atoms with E-state index in [-0.39, 0.29) is 24.0 Å². The molecule has 0 spiro atoms. The second-order valence-electron chi connectivity index (χ2n) is 5.72. The van der Waals surface area contributed by atoms with E-state index in [1.807, 2.05) is 29.6 Å². The monoisotopic (exact) mass is 388 g/mol. The molecule has 126 valence electrons. The fraction of sp³-hybridized carbons (Fsp3) is 0.111. The summed E-state index contributed by atoms with van der Waals surface area (Å²) in [4.78, 5) is 26.0. The Labute approximate surface area is 157 Å². The van der Waals surface area contributed by atoms with Gasteiger partial charge in [-0.25, -0.2) is 0 Å². The first-order valence-electron chi connectivity index (χ1n) is 7.61. The van der Waals surface area contributed by atoms with E-state index >= 15 is 0 Å². The van der Waals surface area contributed by atoms with Gasteiger partial charge in [0.2, 0.25) is 11.7 Å². The largest absolute Gasteiger partial charge is 0.397 e. The van der Waals surface area contributed by atoms with Gasteiger partial charge in [0.1, 0.15) is 9.88 Å². The van der Waals surface area contributed by atoms with Crippen LogP contribution < -0.4 is 11.1 Å². The van der Waals surface area contributed by atoms with Gasteiger partial charge in [-0.3, -0.25) is 9.59 Å². The number of ketones is 1. The van der Waals surface area contributed by atoms with Crippen LogP contribution in [-0.2, 0) is 4.79 Å². The maximum Gasteiger partial charge on any atom is 0.225 e. The molecular formula is C18H13ClN2O2S2. The summed E-state index contributed by atoms with van der Waals surface area (Å²) in [5.41, 5.74) is 8.42. The summed E-state index contributed by atoms with van der Waals surface area (Å²) in [6.07, 6.45) is 0.254. The Morgan fingerprint density at radius 2 is 2.04 bits per heavy atom. The molecule has 0 radical (unpaired) electrons. The number of carbonyl (C=O) groups excluding carboxylic acids is 2. The Morgan fingerprint density at radius 3 is 2.76 bits per heavy atom. The van der Waals surface area contributed by atoms with Gasteiger partial charge in [-0.15, -0.1) is 22.7 Å². The lowest BCUT2D eigenvalue weighted by Crippen LogP contribution is -2.23. The lowest BCUT2D eigenvalue weighted by Gasteiger charge is -2.24. The molecule has 1 aliphatic rings. The van der Waals surface area contributed by atoms with Gasteiger partial charge in [0.25, 0.3) is 0 Å². The average molecular weight is 389 g/mol. The Bertz CT molecular complexity index is 979. The number of nitrogens with one attached hydrogen (secondary N) is 1. The number of carbonyl (C=O) groups is 2. The molecule has 1 aliphatic heterocycles. The Morgan fingerprint density at radius 1 is 1.24 bits per heavy atom. The SMILES string of the molecule is Nc1c(C(=O)c2cccs2)sc2c1C(c1ccccc1Cl)CC(=O)N2. The Hall–Kier alpha value is -2.15. The number of thiophene rings is 2. The van der Waals surface area contributed by atoms with E-state index in [1.165, 1.54) is 22.7 Å². The molecule has 0 saturated heterocycles. The van der Waals surface area contributed by atoms with Crippen molar-refractivity contribution in [3.8, 4) is 0 Å². The van der Waals surface area contributed by atoms with Crippen molar-refractivity contribution in [1.29, 1.82) is 0 Å². The summed E-state index contributed by atoms with van der Waals surface area (Å²) >= 11 is 8.95. The molecule has 3 heterocycles. The molecule has 3 aromatic rings. The molecule has 0 saturated carbocycles. The summed E-state index contributed by atoms with van der Waals surface area (Å²) in [7, 11) is 0. The van der Waals surface area contributed by atoms with Crippen LogP contribution in [0.2, 0.25) is 5.02 Å². The van der Waals surface area contributed by atoms with Gasteiger partial charge in [-0.05, 0) is 23.1 Å². The number of hydrogen-bond donors (Lipinski definition) is 2. The summed E-state index contributed by atoms with van der Waals surface area (Å²) in [6.45, 7) is 0. The molecule has 0 aliphatic carbocycles. The molecule has 1 atom stereocenters. The second kappa shape index (κ2) is 6.29. The average Bonchev–Trinajstić information content (AvgIpc) is 3.23. The molecule has 3 N–H and O–H groups in total. The van der Waals surface area contributed by atoms with Crippen molar-refractivity contribution in [3.05, 3.63) is 67.7 Å². The molecule has 0 fully saturated rings. The third-order valence-corrected chi connectivity index (χ3v) is 6.55. The van der Waals surface area contributed by atoms with E-state index < -0.39 is 0 Å². The van der Waals surface area contributed by atoms with Crippen LogP contribution in [0.5, 0.6) is 0 Å². The minimum Gasteiger partial charge on any atom is -0.397 e. The van der Waals surface area contributed by atoms with Crippen molar-refractivity contribution in [3.63, 3.8) is 0 Å². The van der Waals surface area contributed by atoms with Crippen LogP contribution in [0, 0.1) is 0 Å². The lowest BCUT2D eigenvalue weighted by atomic mass is 9.86. The van der Waals surface area contributed by atoms with Gasteiger partial charge in [0, 0.05) is 22.9 Å². The molecular weight excluding hydrogens is 376 g/mol. The molecule has 1 amide bonds. The third-order valence-electron chi connectivity index (χ3n) is 4.21. The number of hydrogen-bond acceptors (Lipinski definition) is 5. The number of benzene rings is 1. The second-order valence-corrected chi connectivity index (χ2v) is 8.10. The molecule has 4 nitrogen and oxygen atoms in total. The molecule has 2 aromatic heterocycles. The van der Waals surface area contributed by atoms with Crippen molar-refractivity contribution in [1.82, 2.24) is 0 Å². The number of fused-ring (bicyclic) bond motifs is 1. The maximum atomic E-state index is 12.7. The number of amides is 1. The Balaban J connectivity index is 1.85. The van der Waals surface area contributed by atoms with E-state index in [0.717, 1.165) is 11.1 Å². The highest BCUT2D eigenvalue weighted by atomic mass is 35.5. The highest BCUT2D eigenvalue weighted by Gasteiger charge is 2.34. The predicted octanol–water partition coefficient (Wildman–Crippen LogP) is 4.75. The molecule has 25 heavy (non-hydrogen) atoms. The van der Waals surface area contributed by atoms with Crippen LogP contribution in [0.25, 0.3) is 0 Å². The minimum atomic E-state index is -0.251. The quantitative estimate of drug-likeness (QED) is 0.636. The van der Waals surface area contributed by atoms with Crippen molar-refractivity contribution in [2.75, 3.05) is 11.1 Å². The topological polar surface area (TPSA) is 72.2 Å². The van der Waals surface area contributed by atoms with Crippen LogP contribution in [0.1, 0.15) is 38.0 Å². The fourth-order valence-corrected chi connectivity index (χ4v) is 5.23. The standard InChI is InChI=1S/C18H13ClN2O2S2/c19-11-5-2-1-4-9(11)10-8-13(22)21-18-14(10)15(20)17(25-18)16(23)12-6-3-7-24-12/h1-7,10H,8,20H2,(H,21,22). The molecule has 1 unspecified atom stereocenters. The van der Waals surface area contributed by atoms with Crippen molar-refractivity contribution in [2.24, 2.45) is 0 Å². The fourth-order valence-electron chi connectivity index (χ4n) is 3.07. The van der Waals surface area contributed by atoms with Crippen molar-refractivity contribution < 1.29 is 9.59 Å². The smallest absolute Gasteiger partial charge is 0.225 e. The zero-order chi connectivity index (χ0) is 17.6. The number of anilines is 2. The highest BCUT2D eigenvalue weighted by molar-refractivity contribution is 7.20. The zero-order valence-electron chi connectivity index (χ0n) is 12.9. The third kappa shape index (κ3) is 2.76. The Kier molecular flexibility index (Phi) is 4.11. The normalized spacial score (nSPS) is 16.4. The molecule has 7 heteroatoms. The maximum absolute atomic E-state index is 12.7. The highest BCUT2D eigenvalue weighted by Crippen LogP contribution is 2.48. The van der Waals surface area contributed by atoms with E-state index in [0.29, 0.717) is 25.5 Å². The lowest BCUT2D eigenvalue weighted by molar-refractivity contribution is -0.116. The summed E-state index contributed by atoms with van der Waals surface area (Å²) in [5, 5.41) is 5.93. The van der Waals surface area contributed by atoms with Crippen molar-refractivity contribution in [2.45, 2.75) is 12.3 Å². The minimum absolute atomic E-state index is 0.103. The van der Waals surface area contributed by atoms with Crippen LogP contribution in [0.4, 0.5) is 10.7 Å². The molecule has 0 bridgehead atoms. The number of halogens is 1. The molecule has 4 rings (SSSR count). The van der Waals surface area contributed by atoms with E-state index in [1.54, 1.807) is 12.1 Å². The first-order valence-corrected chi connectivity index (χ1v) is 9.68. The van der Waals surface area contributed by atoms with Gasteiger partial charge in [0.15, 0.2) is 0 Å². The van der Waals surface area contributed by atoms with Crippen LogP contribution in [0.3, 0.4) is 0 Å². The summed E-state index contributed by atoms with van der Waals surface area (Å²) in [5.74, 6) is -0.466. The van der Waals surface area contributed by atoms with Gasteiger partial charge in [0.05, 0.1) is 10.6 Å². The van der Waals surface area contributed by atoms with Gasteiger partial charge >= 0.3 is 0 Å². The van der Waals surface area contributed by atoms with Crippen LogP contribution in [0.15, 0.2) is 41.8 Å². The first-order chi connectivity index (χ1) is 12.1. The van der Waals surface area contributed by atoms with Gasteiger partial charge in [-0.1, -0.05) is 35.9 Å². The number of rotatable bonds is 3. The molecule has 1 aromatic carbocycles. The summed E-state index contributed by atoms with van der Waals surface area (Å²) < 4.78 is 0. The zero-order valence-corrected chi connectivity index (χ0v) is 15.3. The number of nitrogen functional groups attached to an aromatic ring is 1. The number of nitrogens with two attached hydrogens (primary N) is 1. The summed E-state index contributed by atoms with van der Waals surface area (Å²) in [6, 6.07) is 11.0. The van der Waals surface area contributed by atoms with Gasteiger partial charge < -0.3 is 11.1 Å². The van der Waals surface area contributed by atoms with Crippen molar-refractivity contribution >= 4 is 56.7 Å². The predicted molar refractivity (Wildman–Crippen MR) is 103 cm³/mol. The van der Waals surface area contributed by atoms with Gasteiger partial charge in [-0.2, -0.15) is 0 Å². The van der Waals surface area contributed by atoms with Crippen LogP contribution >= 0.6 is 34.3 Å². The first kappa shape index (κ1) is 16.3. The van der Waals surface area contributed by atoms with E-state index in [4.69, 9.17) is 17.3 Å². The van der Waals surface area contributed by atoms with Crippen LogP contribution in [-0.4, -0.2) is 11.7 Å². The van der Waals surface area contributed by atoms with E-state index in [2.05, 4.69) is 5.32 Å².